The second-order valence-corrected chi connectivity index (χ2v) is 6.16. The zero-order valence-electron chi connectivity index (χ0n) is 12.9. The highest BCUT2D eigenvalue weighted by molar-refractivity contribution is 7.80. The van der Waals surface area contributed by atoms with Crippen LogP contribution in [0.3, 0.4) is 0 Å². The summed E-state index contributed by atoms with van der Waals surface area (Å²) in [6, 6.07) is 10.7. The van der Waals surface area contributed by atoms with Gasteiger partial charge >= 0.3 is 0 Å². The van der Waals surface area contributed by atoms with Crippen LogP contribution in [-0.2, 0) is 19.9 Å². The Morgan fingerprint density at radius 2 is 2.18 bits per heavy atom. The first kappa shape index (κ1) is 15.0. The van der Waals surface area contributed by atoms with Gasteiger partial charge in [-0.3, -0.25) is 4.68 Å². The molecule has 22 heavy (non-hydrogen) atoms. The van der Waals surface area contributed by atoms with Gasteiger partial charge in [-0.2, -0.15) is 5.10 Å². The number of aromatic nitrogens is 2. The van der Waals surface area contributed by atoms with Gasteiger partial charge in [-0.15, -0.1) is 0 Å². The van der Waals surface area contributed by atoms with Crippen LogP contribution in [0.15, 0.2) is 36.5 Å². The summed E-state index contributed by atoms with van der Waals surface area (Å²) in [5.41, 5.74) is 3.95. The third-order valence-electron chi connectivity index (χ3n) is 4.22. The van der Waals surface area contributed by atoms with Gasteiger partial charge in [0.15, 0.2) is 5.11 Å². The molecule has 1 heterocycles. The average Bonchev–Trinajstić information content (AvgIpc) is 2.91. The van der Waals surface area contributed by atoms with Gasteiger partial charge < -0.3 is 10.6 Å². The Kier molecular flexibility index (Phi) is 4.73. The van der Waals surface area contributed by atoms with Crippen molar-refractivity contribution in [2.75, 3.05) is 6.54 Å². The summed E-state index contributed by atoms with van der Waals surface area (Å²) >= 11 is 5.44. The number of nitrogens with zero attached hydrogens (tertiary/aromatic N) is 2. The summed E-state index contributed by atoms with van der Waals surface area (Å²) in [6.07, 6.45) is 6.35. The summed E-state index contributed by atoms with van der Waals surface area (Å²) in [4.78, 5) is 0. The molecule has 2 aromatic rings. The fraction of sp³-hybridized carbons (Fsp3) is 0.412. The highest BCUT2D eigenvalue weighted by Gasteiger charge is 2.23. The van der Waals surface area contributed by atoms with E-state index in [0.717, 1.165) is 30.9 Å². The second kappa shape index (κ2) is 6.92. The highest BCUT2D eigenvalue weighted by atomic mass is 32.1. The minimum Gasteiger partial charge on any atom is -0.362 e. The van der Waals surface area contributed by atoms with E-state index in [1.807, 2.05) is 24.0 Å². The molecule has 0 fully saturated rings. The van der Waals surface area contributed by atoms with Crippen molar-refractivity contribution < 1.29 is 0 Å². The predicted octanol–water partition coefficient (Wildman–Crippen LogP) is 2.50. The maximum Gasteiger partial charge on any atom is 0.166 e. The van der Waals surface area contributed by atoms with Crippen molar-refractivity contribution in [2.45, 2.75) is 31.7 Å². The van der Waals surface area contributed by atoms with Crippen LogP contribution in [0.25, 0.3) is 0 Å². The van der Waals surface area contributed by atoms with Crippen molar-refractivity contribution in [1.82, 2.24) is 20.4 Å². The normalized spacial score (nSPS) is 16.9. The van der Waals surface area contributed by atoms with Crippen molar-refractivity contribution in [3.63, 3.8) is 0 Å². The van der Waals surface area contributed by atoms with Crippen LogP contribution in [-0.4, -0.2) is 21.4 Å². The summed E-state index contributed by atoms with van der Waals surface area (Å²) in [7, 11) is 2.01. The largest absolute Gasteiger partial charge is 0.362 e. The van der Waals surface area contributed by atoms with E-state index in [4.69, 9.17) is 12.2 Å². The lowest BCUT2D eigenvalue weighted by Gasteiger charge is -2.25. The highest BCUT2D eigenvalue weighted by Crippen LogP contribution is 2.28. The Morgan fingerprint density at radius 3 is 3.00 bits per heavy atom. The summed E-state index contributed by atoms with van der Waals surface area (Å²) in [5, 5.41) is 11.9. The Bertz CT molecular complexity index is 635. The van der Waals surface area contributed by atoms with Crippen LogP contribution in [0.5, 0.6) is 0 Å². The molecule has 0 spiro atoms. The summed E-state index contributed by atoms with van der Waals surface area (Å²) in [5.74, 6) is 0. The van der Waals surface area contributed by atoms with E-state index in [0.29, 0.717) is 0 Å². The van der Waals surface area contributed by atoms with Crippen molar-refractivity contribution in [3.8, 4) is 0 Å². The molecule has 2 N–H and O–H groups in total. The van der Waals surface area contributed by atoms with E-state index in [-0.39, 0.29) is 6.04 Å². The zero-order valence-corrected chi connectivity index (χ0v) is 13.7. The van der Waals surface area contributed by atoms with Crippen LogP contribution in [0.1, 0.15) is 35.7 Å². The first-order valence-corrected chi connectivity index (χ1v) is 8.24. The van der Waals surface area contributed by atoms with Crippen LogP contribution in [0.4, 0.5) is 0 Å². The number of rotatable bonds is 4. The average molecular weight is 314 g/mol. The summed E-state index contributed by atoms with van der Waals surface area (Å²) in [6.45, 7) is 0.850. The molecule has 4 nitrogen and oxygen atoms in total. The van der Waals surface area contributed by atoms with Crippen molar-refractivity contribution in [3.05, 3.63) is 53.3 Å². The maximum atomic E-state index is 5.44. The number of aryl methyl sites for hydroxylation is 1. The molecule has 0 amide bonds. The van der Waals surface area contributed by atoms with E-state index >= 15 is 0 Å². The molecule has 0 saturated carbocycles. The fourth-order valence-corrected chi connectivity index (χ4v) is 3.27. The minimum absolute atomic E-state index is 0.286. The Balaban J connectivity index is 1.50. The van der Waals surface area contributed by atoms with Gasteiger partial charge in [0.1, 0.15) is 0 Å². The predicted molar refractivity (Wildman–Crippen MR) is 92.8 cm³/mol. The lowest BCUT2D eigenvalue weighted by molar-refractivity contribution is 0.509. The Labute approximate surface area is 136 Å². The van der Waals surface area contributed by atoms with E-state index in [1.165, 1.54) is 23.2 Å². The van der Waals surface area contributed by atoms with Crippen LogP contribution in [0, 0.1) is 0 Å². The van der Waals surface area contributed by atoms with Gasteiger partial charge in [0.05, 0.1) is 12.2 Å². The number of fused-ring (bicyclic) bond motifs is 1. The molecule has 5 heteroatoms. The lowest BCUT2D eigenvalue weighted by atomic mass is 9.93. The third kappa shape index (κ3) is 3.47. The molecule has 1 aromatic carbocycles. The molecule has 3 rings (SSSR count). The molecular formula is C17H22N4S. The Morgan fingerprint density at radius 1 is 1.36 bits per heavy atom. The second-order valence-electron chi connectivity index (χ2n) is 5.75. The molecule has 0 saturated heterocycles. The first-order valence-electron chi connectivity index (χ1n) is 7.83. The molecule has 0 radical (unpaired) electrons. The molecule has 1 atom stereocenters. The van der Waals surface area contributed by atoms with E-state index < -0.39 is 0 Å². The van der Waals surface area contributed by atoms with Gasteiger partial charge in [0, 0.05) is 24.8 Å². The van der Waals surface area contributed by atoms with Crippen LogP contribution < -0.4 is 10.6 Å². The van der Waals surface area contributed by atoms with Gasteiger partial charge in [0.25, 0.3) is 0 Å². The van der Waals surface area contributed by atoms with Crippen molar-refractivity contribution >= 4 is 17.3 Å². The topological polar surface area (TPSA) is 41.9 Å². The fourth-order valence-electron chi connectivity index (χ4n) is 3.03. The van der Waals surface area contributed by atoms with E-state index in [2.05, 4.69) is 40.0 Å². The van der Waals surface area contributed by atoms with Gasteiger partial charge in [-0.25, -0.2) is 0 Å². The first-order chi connectivity index (χ1) is 10.7. The molecule has 1 aliphatic rings. The standard InChI is InChI=1S/C17H22N4S/c1-21-16-9-5-8-15(14(16)12-19-21)20-17(22)18-11-10-13-6-3-2-4-7-13/h2-4,6-7,12,15H,5,8-11H2,1H3,(H2,18,20,22)/t15-/m1/s1. The molecular weight excluding hydrogens is 292 g/mol. The van der Waals surface area contributed by atoms with Gasteiger partial charge in [0.2, 0.25) is 0 Å². The SMILES string of the molecule is Cn1ncc2c1CCC[C@H]2NC(=S)NCCc1ccccc1. The van der Waals surface area contributed by atoms with Crippen molar-refractivity contribution in [2.24, 2.45) is 7.05 Å². The quantitative estimate of drug-likeness (QED) is 0.851. The van der Waals surface area contributed by atoms with Crippen LogP contribution in [0.2, 0.25) is 0 Å². The van der Waals surface area contributed by atoms with E-state index in [1.54, 1.807) is 0 Å². The Hall–Kier alpha value is -1.88. The molecule has 0 bridgehead atoms. The smallest absolute Gasteiger partial charge is 0.166 e. The molecule has 116 valence electrons. The maximum absolute atomic E-state index is 5.44. The number of hydrogen-bond donors (Lipinski definition) is 2. The minimum atomic E-state index is 0.286. The molecule has 1 aliphatic carbocycles. The van der Waals surface area contributed by atoms with Crippen molar-refractivity contribution in [1.29, 1.82) is 0 Å². The zero-order chi connectivity index (χ0) is 15.4. The van der Waals surface area contributed by atoms with Gasteiger partial charge in [-0.05, 0) is 43.5 Å². The summed E-state index contributed by atoms with van der Waals surface area (Å²) < 4.78 is 1.98. The third-order valence-corrected chi connectivity index (χ3v) is 4.49. The number of hydrogen-bond acceptors (Lipinski definition) is 2. The lowest BCUT2D eigenvalue weighted by Crippen LogP contribution is -2.39. The van der Waals surface area contributed by atoms with Gasteiger partial charge in [-0.1, -0.05) is 30.3 Å². The monoisotopic (exact) mass is 314 g/mol. The van der Waals surface area contributed by atoms with E-state index in [9.17, 15) is 0 Å². The molecule has 0 unspecified atom stereocenters. The number of benzene rings is 1. The molecule has 0 aliphatic heterocycles. The van der Waals surface area contributed by atoms with Crippen LogP contribution >= 0.6 is 12.2 Å². The number of thiocarbonyl (C=S) groups is 1. The number of nitrogens with one attached hydrogen (secondary N) is 2. The molecule has 1 aromatic heterocycles.